The molecule has 4 heterocycles. The monoisotopic (exact) mass is 400 g/mol. The number of nitrogens with one attached hydrogen (secondary N) is 3. The highest BCUT2D eigenvalue weighted by atomic mass is 16.5. The molecule has 0 saturated heterocycles. The molecule has 30 heavy (non-hydrogen) atoms. The highest BCUT2D eigenvalue weighted by Crippen LogP contribution is 2.24. The third kappa shape index (κ3) is 3.20. The number of carbonyl (C=O) groups is 1. The Morgan fingerprint density at radius 1 is 1.13 bits per heavy atom. The van der Waals surface area contributed by atoms with E-state index in [0.29, 0.717) is 28.3 Å². The maximum atomic E-state index is 12.7. The summed E-state index contributed by atoms with van der Waals surface area (Å²) in [5.74, 6) is 0.713. The molecular weight excluding hydrogens is 384 g/mol. The summed E-state index contributed by atoms with van der Waals surface area (Å²) in [5, 5.41) is 14.1. The zero-order chi connectivity index (χ0) is 20.5. The van der Waals surface area contributed by atoms with Crippen molar-refractivity contribution in [3.63, 3.8) is 0 Å². The van der Waals surface area contributed by atoms with Crippen LogP contribution in [0.25, 0.3) is 33.8 Å². The maximum absolute atomic E-state index is 12.7. The van der Waals surface area contributed by atoms with Crippen molar-refractivity contribution in [2.24, 2.45) is 0 Å². The Bertz CT molecular complexity index is 1320. The van der Waals surface area contributed by atoms with Gasteiger partial charge in [-0.25, -0.2) is 15.0 Å². The first-order valence-corrected chi connectivity index (χ1v) is 9.21. The van der Waals surface area contributed by atoms with Gasteiger partial charge in [-0.15, -0.1) is 0 Å². The second kappa shape index (κ2) is 7.24. The Labute approximate surface area is 169 Å². The Morgan fingerprint density at radius 3 is 2.87 bits per heavy atom. The Balaban J connectivity index is 1.33. The molecule has 0 radical (unpaired) electrons. The fourth-order valence-corrected chi connectivity index (χ4v) is 3.10. The normalized spacial score (nSPS) is 12.2. The number of fused-ring (bicyclic) bond motifs is 1. The summed E-state index contributed by atoms with van der Waals surface area (Å²) in [6.07, 6.45) is 4.58. The summed E-state index contributed by atoms with van der Waals surface area (Å²) < 4.78 is 5.43. The van der Waals surface area contributed by atoms with Crippen LogP contribution < -0.4 is 5.32 Å². The van der Waals surface area contributed by atoms with Crippen LogP contribution in [0.15, 0.2) is 59.6 Å². The topological polar surface area (TPSA) is 138 Å². The van der Waals surface area contributed by atoms with Gasteiger partial charge in [0.15, 0.2) is 17.2 Å². The van der Waals surface area contributed by atoms with Crippen molar-refractivity contribution >= 4 is 16.9 Å². The number of amides is 1. The van der Waals surface area contributed by atoms with Crippen LogP contribution in [0.4, 0.5) is 0 Å². The molecule has 5 aromatic rings. The van der Waals surface area contributed by atoms with E-state index in [4.69, 9.17) is 4.52 Å². The SMILES string of the molecule is C[C@@H](NC(=O)c1ncnc2[nH]ncc12)c1cc(-c2ncc(-c3ccccc3)[nH]2)no1. The summed E-state index contributed by atoms with van der Waals surface area (Å²) in [5.41, 5.74) is 3.18. The van der Waals surface area contributed by atoms with Gasteiger partial charge < -0.3 is 14.8 Å². The molecule has 0 saturated carbocycles. The van der Waals surface area contributed by atoms with Gasteiger partial charge in [-0.2, -0.15) is 5.10 Å². The van der Waals surface area contributed by atoms with Gasteiger partial charge in [0.25, 0.3) is 5.91 Å². The first-order chi connectivity index (χ1) is 14.7. The van der Waals surface area contributed by atoms with Crippen LogP contribution >= 0.6 is 0 Å². The molecule has 0 unspecified atom stereocenters. The lowest BCUT2D eigenvalue weighted by Gasteiger charge is -2.10. The van der Waals surface area contributed by atoms with Crippen LogP contribution in [0.5, 0.6) is 0 Å². The minimum atomic E-state index is -0.431. The van der Waals surface area contributed by atoms with Crippen molar-refractivity contribution < 1.29 is 9.32 Å². The average Bonchev–Trinajstić information content (AvgIpc) is 3.53. The number of H-pyrrole nitrogens is 2. The van der Waals surface area contributed by atoms with Crippen molar-refractivity contribution in [1.29, 1.82) is 0 Å². The van der Waals surface area contributed by atoms with E-state index in [1.54, 1.807) is 19.2 Å². The second-order valence-electron chi connectivity index (χ2n) is 6.68. The summed E-state index contributed by atoms with van der Waals surface area (Å²) in [6, 6.07) is 11.2. The molecule has 1 atom stereocenters. The number of carbonyl (C=O) groups excluding carboxylic acids is 1. The van der Waals surface area contributed by atoms with Crippen LogP contribution in [-0.2, 0) is 0 Å². The van der Waals surface area contributed by atoms with Crippen molar-refractivity contribution in [2.75, 3.05) is 0 Å². The van der Waals surface area contributed by atoms with E-state index < -0.39 is 6.04 Å². The Kier molecular flexibility index (Phi) is 4.28. The van der Waals surface area contributed by atoms with E-state index in [-0.39, 0.29) is 11.6 Å². The molecule has 3 N–H and O–H groups in total. The molecule has 0 aliphatic rings. The fraction of sp³-hybridized carbons (Fsp3) is 0.100. The first kappa shape index (κ1) is 17.7. The Hall–Kier alpha value is -4.34. The third-order valence-corrected chi connectivity index (χ3v) is 4.67. The highest BCUT2D eigenvalue weighted by Gasteiger charge is 2.20. The van der Waals surface area contributed by atoms with Crippen LogP contribution in [0.1, 0.15) is 29.2 Å². The minimum Gasteiger partial charge on any atom is -0.358 e. The molecular formula is C20H16N8O2. The molecule has 10 heteroatoms. The van der Waals surface area contributed by atoms with E-state index in [9.17, 15) is 4.79 Å². The molecule has 0 fully saturated rings. The standard InChI is InChI=1S/C20H16N8O2/c1-11(25-20(29)17-13-8-24-27-18(13)23-10-22-17)16-7-14(28-30-16)19-21-9-15(26-19)12-5-3-2-4-6-12/h2-11H,1H3,(H,21,26)(H,25,29)(H,22,23,24,27)/t11-/m1/s1. The molecule has 0 aliphatic heterocycles. The number of nitrogens with zero attached hydrogens (tertiary/aromatic N) is 5. The number of aromatic nitrogens is 7. The van der Waals surface area contributed by atoms with Crippen molar-refractivity contribution in [3.8, 4) is 22.8 Å². The molecule has 0 bridgehead atoms. The molecule has 10 nitrogen and oxygen atoms in total. The number of benzene rings is 1. The molecule has 148 valence electrons. The van der Waals surface area contributed by atoms with Gasteiger partial charge in [-0.05, 0) is 12.5 Å². The maximum Gasteiger partial charge on any atom is 0.271 e. The zero-order valence-electron chi connectivity index (χ0n) is 15.8. The summed E-state index contributed by atoms with van der Waals surface area (Å²) in [6.45, 7) is 1.80. The van der Waals surface area contributed by atoms with Gasteiger partial charge in [0.1, 0.15) is 17.7 Å². The molecule has 1 aromatic carbocycles. The fourth-order valence-electron chi connectivity index (χ4n) is 3.10. The van der Waals surface area contributed by atoms with Gasteiger partial charge in [-0.3, -0.25) is 9.89 Å². The van der Waals surface area contributed by atoms with Crippen LogP contribution in [-0.4, -0.2) is 41.2 Å². The summed E-state index contributed by atoms with van der Waals surface area (Å²) in [4.78, 5) is 28.4. The second-order valence-corrected chi connectivity index (χ2v) is 6.68. The molecule has 4 aromatic heterocycles. The predicted molar refractivity (Wildman–Crippen MR) is 107 cm³/mol. The van der Waals surface area contributed by atoms with Gasteiger partial charge in [0.05, 0.1) is 29.5 Å². The predicted octanol–water partition coefficient (Wildman–Crippen LogP) is 2.89. The molecule has 0 aliphatic carbocycles. The third-order valence-electron chi connectivity index (χ3n) is 4.67. The number of imidazole rings is 1. The lowest BCUT2D eigenvalue weighted by Crippen LogP contribution is -2.27. The van der Waals surface area contributed by atoms with E-state index in [1.165, 1.54) is 12.5 Å². The largest absolute Gasteiger partial charge is 0.358 e. The summed E-state index contributed by atoms with van der Waals surface area (Å²) in [7, 11) is 0. The van der Waals surface area contributed by atoms with Gasteiger partial charge >= 0.3 is 0 Å². The highest BCUT2D eigenvalue weighted by molar-refractivity contribution is 6.03. The van der Waals surface area contributed by atoms with Crippen molar-refractivity contribution in [3.05, 3.63) is 66.6 Å². The van der Waals surface area contributed by atoms with Crippen LogP contribution in [0, 0.1) is 0 Å². The Morgan fingerprint density at radius 2 is 2.00 bits per heavy atom. The average molecular weight is 400 g/mol. The number of hydrogen-bond acceptors (Lipinski definition) is 7. The van der Waals surface area contributed by atoms with E-state index >= 15 is 0 Å². The van der Waals surface area contributed by atoms with Crippen molar-refractivity contribution in [1.82, 2.24) is 40.6 Å². The summed E-state index contributed by atoms with van der Waals surface area (Å²) >= 11 is 0. The molecule has 5 rings (SSSR count). The van der Waals surface area contributed by atoms with Gasteiger partial charge in [-0.1, -0.05) is 35.5 Å². The first-order valence-electron chi connectivity index (χ1n) is 9.21. The molecule has 0 spiro atoms. The smallest absolute Gasteiger partial charge is 0.271 e. The van der Waals surface area contributed by atoms with Gasteiger partial charge in [0, 0.05) is 6.07 Å². The number of rotatable bonds is 5. The number of hydrogen-bond donors (Lipinski definition) is 3. The van der Waals surface area contributed by atoms with Gasteiger partial charge in [0.2, 0.25) is 0 Å². The number of aromatic amines is 2. The van der Waals surface area contributed by atoms with E-state index in [1.807, 2.05) is 30.3 Å². The van der Waals surface area contributed by atoms with Crippen LogP contribution in [0.2, 0.25) is 0 Å². The quantitative estimate of drug-likeness (QED) is 0.412. The lowest BCUT2D eigenvalue weighted by atomic mass is 10.2. The lowest BCUT2D eigenvalue weighted by molar-refractivity contribution is 0.0930. The van der Waals surface area contributed by atoms with E-state index in [0.717, 1.165) is 11.3 Å². The minimum absolute atomic E-state index is 0.235. The van der Waals surface area contributed by atoms with Crippen molar-refractivity contribution in [2.45, 2.75) is 13.0 Å². The van der Waals surface area contributed by atoms with Crippen LogP contribution in [0.3, 0.4) is 0 Å². The molecule has 1 amide bonds. The van der Waals surface area contributed by atoms with E-state index in [2.05, 4.69) is 40.6 Å². The zero-order valence-corrected chi connectivity index (χ0v) is 15.8.